The fourth-order valence-corrected chi connectivity index (χ4v) is 3.86. The number of hydrogen-bond donors (Lipinski definition) is 1. The monoisotopic (exact) mass is 418 g/mol. The number of Topliss-reactive ketones (excluding diaryl/α,β-unsaturated/α-hetero) is 1. The van der Waals surface area contributed by atoms with E-state index in [9.17, 15) is 14.7 Å². The number of nitrogens with zero attached hydrogens (tertiary/aromatic N) is 2. The van der Waals surface area contributed by atoms with Gasteiger partial charge in [0.25, 0.3) is 11.7 Å². The number of aliphatic hydroxyl groups is 1. The standard InChI is InChI=1S/C24H19ClN2O3/c1-15-8-10-17(11-9-15)22(28)20-21(18-6-2-3-7-19(18)25)27(24(30)23(20)29)14-16-5-4-12-26-13-16/h2-13,21,28H,14H2,1H3/t21-/m1/s1. The molecule has 0 unspecified atom stereocenters. The minimum atomic E-state index is -0.805. The Labute approximate surface area is 179 Å². The Morgan fingerprint density at radius 2 is 1.80 bits per heavy atom. The first-order valence-corrected chi connectivity index (χ1v) is 9.84. The maximum Gasteiger partial charge on any atom is 0.295 e. The first-order valence-electron chi connectivity index (χ1n) is 9.46. The molecular weight excluding hydrogens is 400 g/mol. The molecule has 1 amide bonds. The van der Waals surface area contributed by atoms with E-state index >= 15 is 0 Å². The summed E-state index contributed by atoms with van der Waals surface area (Å²) in [4.78, 5) is 31.5. The van der Waals surface area contributed by atoms with Crippen molar-refractivity contribution in [1.29, 1.82) is 0 Å². The highest BCUT2D eigenvalue weighted by atomic mass is 35.5. The molecular formula is C24H19ClN2O3. The molecule has 0 bridgehead atoms. The Kier molecular flexibility index (Phi) is 5.38. The van der Waals surface area contributed by atoms with Gasteiger partial charge in [0, 0.05) is 29.5 Å². The number of amides is 1. The zero-order chi connectivity index (χ0) is 21.3. The van der Waals surface area contributed by atoms with Gasteiger partial charge in [-0.2, -0.15) is 0 Å². The lowest BCUT2D eigenvalue weighted by atomic mass is 9.95. The summed E-state index contributed by atoms with van der Waals surface area (Å²) in [5, 5.41) is 11.4. The van der Waals surface area contributed by atoms with Crippen LogP contribution in [0.1, 0.15) is 28.3 Å². The van der Waals surface area contributed by atoms with E-state index in [2.05, 4.69) is 4.98 Å². The second kappa shape index (κ2) is 8.13. The topological polar surface area (TPSA) is 70.5 Å². The van der Waals surface area contributed by atoms with Gasteiger partial charge >= 0.3 is 0 Å². The number of aryl methyl sites for hydroxylation is 1. The maximum absolute atomic E-state index is 13.0. The average Bonchev–Trinajstić information content (AvgIpc) is 3.00. The Morgan fingerprint density at radius 3 is 2.47 bits per heavy atom. The molecule has 4 rings (SSSR count). The number of carbonyl (C=O) groups is 2. The number of benzene rings is 2. The van der Waals surface area contributed by atoms with Gasteiger partial charge in [-0.1, -0.05) is 65.7 Å². The summed E-state index contributed by atoms with van der Waals surface area (Å²) >= 11 is 6.44. The molecule has 1 aliphatic heterocycles. The molecule has 1 aromatic heterocycles. The summed E-state index contributed by atoms with van der Waals surface area (Å²) in [6.45, 7) is 2.10. The molecule has 6 heteroatoms. The Balaban J connectivity index is 1.88. The van der Waals surface area contributed by atoms with E-state index in [0.29, 0.717) is 16.1 Å². The van der Waals surface area contributed by atoms with Crippen LogP contribution >= 0.6 is 11.6 Å². The molecule has 2 heterocycles. The lowest BCUT2D eigenvalue weighted by molar-refractivity contribution is -0.140. The third-order valence-corrected chi connectivity index (χ3v) is 5.48. The van der Waals surface area contributed by atoms with Crippen molar-refractivity contribution in [2.45, 2.75) is 19.5 Å². The Bertz CT molecular complexity index is 1140. The number of aliphatic hydroxyl groups excluding tert-OH is 1. The van der Waals surface area contributed by atoms with Gasteiger partial charge in [-0.15, -0.1) is 0 Å². The molecule has 5 nitrogen and oxygen atoms in total. The highest BCUT2D eigenvalue weighted by Gasteiger charge is 2.46. The Hall–Kier alpha value is -3.44. The molecule has 1 saturated heterocycles. The molecule has 30 heavy (non-hydrogen) atoms. The van der Waals surface area contributed by atoms with Crippen LogP contribution in [-0.2, 0) is 16.1 Å². The van der Waals surface area contributed by atoms with Crippen LogP contribution in [0.4, 0.5) is 0 Å². The fraction of sp³-hybridized carbons (Fsp3) is 0.125. The number of ketones is 1. The van der Waals surface area contributed by atoms with Crippen molar-refractivity contribution in [2.75, 3.05) is 0 Å². The van der Waals surface area contributed by atoms with Crippen molar-refractivity contribution in [3.05, 3.63) is 106 Å². The van der Waals surface area contributed by atoms with Crippen LogP contribution in [-0.4, -0.2) is 26.7 Å². The average molecular weight is 419 g/mol. The Morgan fingerprint density at radius 1 is 1.07 bits per heavy atom. The van der Waals surface area contributed by atoms with Gasteiger partial charge in [0.1, 0.15) is 5.76 Å². The second-order valence-electron chi connectivity index (χ2n) is 7.18. The van der Waals surface area contributed by atoms with Crippen LogP contribution in [0, 0.1) is 6.92 Å². The van der Waals surface area contributed by atoms with Gasteiger partial charge in [-0.05, 0) is 30.2 Å². The van der Waals surface area contributed by atoms with E-state index in [0.717, 1.165) is 11.1 Å². The van der Waals surface area contributed by atoms with Crippen molar-refractivity contribution >= 4 is 29.1 Å². The third kappa shape index (κ3) is 3.60. The summed E-state index contributed by atoms with van der Waals surface area (Å²) in [7, 11) is 0. The molecule has 1 fully saturated rings. The summed E-state index contributed by atoms with van der Waals surface area (Å²) in [5.74, 6) is -1.63. The summed E-state index contributed by atoms with van der Waals surface area (Å²) in [6, 6.07) is 16.9. The molecule has 1 N–H and O–H groups in total. The molecule has 0 radical (unpaired) electrons. The molecule has 0 aliphatic carbocycles. The van der Waals surface area contributed by atoms with Crippen LogP contribution in [0.25, 0.3) is 5.76 Å². The quantitative estimate of drug-likeness (QED) is 0.380. The van der Waals surface area contributed by atoms with Crippen LogP contribution in [0.15, 0.2) is 78.6 Å². The maximum atomic E-state index is 13.0. The number of carbonyl (C=O) groups excluding carboxylic acids is 2. The normalized spacial score (nSPS) is 18.1. The van der Waals surface area contributed by atoms with Gasteiger partial charge in [-0.25, -0.2) is 0 Å². The minimum absolute atomic E-state index is 0.0286. The van der Waals surface area contributed by atoms with E-state index in [1.807, 2.05) is 25.1 Å². The first-order chi connectivity index (χ1) is 14.5. The number of aromatic nitrogens is 1. The lowest BCUT2D eigenvalue weighted by Gasteiger charge is -2.26. The third-order valence-electron chi connectivity index (χ3n) is 5.14. The second-order valence-corrected chi connectivity index (χ2v) is 7.58. The number of halogens is 1. The molecule has 0 spiro atoms. The van der Waals surface area contributed by atoms with Gasteiger partial charge in [0.2, 0.25) is 0 Å². The van der Waals surface area contributed by atoms with Crippen molar-refractivity contribution in [3.8, 4) is 0 Å². The number of pyridine rings is 1. The van der Waals surface area contributed by atoms with Gasteiger partial charge in [0.05, 0.1) is 11.6 Å². The van der Waals surface area contributed by atoms with Crippen molar-refractivity contribution in [1.82, 2.24) is 9.88 Å². The van der Waals surface area contributed by atoms with E-state index in [4.69, 9.17) is 11.6 Å². The predicted octanol–water partition coefficient (Wildman–Crippen LogP) is 4.67. The van der Waals surface area contributed by atoms with Crippen molar-refractivity contribution < 1.29 is 14.7 Å². The smallest absolute Gasteiger partial charge is 0.295 e. The van der Waals surface area contributed by atoms with E-state index in [1.165, 1.54) is 4.90 Å². The summed E-state index contributed by atoms with van der Waals surface area (Å²) < 4.78 is 0. The van der Waals surface area contributed by atoms with Gasteiger partial charge in [-0.3, -0.25) is 14.6 Å². The molecule has 150 valence electrons. The SMILES string of the molecule is Cc1ccc(C(O)=C2C(=O)C(=O)N(Cc3cccnc3)[C@@H]2c2ccccc2Cl)cc1. The fourth-order valence-electron chi connectivity index (χ4n) is 3.62. The highest BCUT2D eigenvalue weighted by Crippen LogP contribution is 2.42. The summed E-state index contributed by atoms with van der Waals surface area (Å²) in [5.41, 5.74) is 2.87. The van der Waals surface area contributed by atoms with Crippen molar-refractivity contribution in [2.24, 2.45) is 0 Å². The number of rotatable bonds is 4. The lowest BCUT2D eigenvalue weighted by Crippen LogP contribution is -2.29. The molecule has 1 atom stereocenters. The van der Waals surface area contributed by atoms with Gasteiger partial charge in [0.15, 0.2) is 0 Å². The van der Waals surface area contributed by atoms with Crippen LogP contribution in [0.3, 0.4) is 0 Å². The van der Waals surface area contributed by atoms with Crippen molar-refractivity contribution in [3.63, 3.8) is 0 Å². The van der Waals surface area contributed by atoms with Gasteiger partial charge < -0.3 is 10.0 Å². The van der Waals surface area contributed by atoms with Crippen LogP contribution in [0.5, 0.6) is 0 Å². The van der Waals surface area contributed by atoms with E-state index < -0.39 is 17.7 Å². The van der Waals surface area contributed by atoms with Crippen LogP contribution in [0.2, 0.25) is 5.02 Å². The number of likely N-dealkylation sites (tertiary alicyclic amines) is 1. The molecule has 2 aromatic carbocycles. The van der Waals surface area contributed by atoms with E-state index in [-0.39, 0.29) is 17.9 Å². The molecule has 1 aliphatic rings. The highest BCUT2D eigenvalue weighted by molar-refractivity contribution is 6.46. The zero-order valence-electron chi connectivity index (χ0n) is 16.2. The molecule has 0 saturated carbocycles. The predicted molar refractivity (Wildman–Crippen MR) is 115 cm³/mol. The zero-order valence-corrected chi connectivity index (χ0v) is 17.0. The number of hydrogen-bond acceptors (Lipinski definition) is 4. The van der Waals surface area contributed by atoms with Crippen LogP contribution < -0.4 is 0 Å². The first kappa shape index (κ1) is 19.9. The van der Waals surface area contributed by atoms with E-state index in [1.54, 1.807) is 54.9 Å². The summed E-state index contributed by atoms with van der Waals surface area (Å²) in [6.07, 6.45) is 3.28. The minimum Gasteiger partial charge on any atom is -0.507 e. The molecule has 3 aromatic rings. The largest absolute Gasteiger partial charge is 0.507 e.